The molecule has 0 unspecified atom stereocenters. The molecule has 32 heavy (non-hydrogen) atoms. The fourth-order valence-electron chi connectivity index (χ4n) is 10.8. The Hall–Kier alpha value is -0.830. The first-order valence-electron chi connectivity index (χ1n) is 13.5. The monoisotopic (exact) mass is 440 g/mol. The maximum Gasteiger partial charge on any atom is 0.316 e. The number of aliphatic hydroxyl groups excluding tert-OH is 1. The van der Waals surface area contributed by atoms with Crippen molar-refractivity contribution in [3.63, 3.8) is 0 Å². The average Bonchev–Trinajstić information content (AvgIpc) is 2.71. The summed E-state index contributed by atoms with van der Waals surface area (Å²) in [5.41, 5.74) is 3.40. The highest BCUT2D eigenvalue weighted by atomic mass is 16.6. The molecule has 7 aliphatic rings. The quantitative estimate of drug-likeness (QED) is 0.342. The van der Waals surface area contributed by atoms with Gasteiger partial charge in [-0.25, -0.2) is 0 Å². The van der Waals surface area contributed by atoms with Crippen LogP contribution in [0, 0.1) is 38.9 Å². The molecule has 0 aromatic rings. The molecule has 2 heterocycles. The standard InChI is InChI=1S/C29H44O3/c1-24(2)20-9-12-28(6)21(26(20,4)11-10-22(24)30)8-7-18-19-17-25(3)13-15-29(19,23(31)32-25)16-14-27(18,28)5/h20-22,30H,7-17H2,1-6H3/t20-,21-,22+,25+,26+,27-,28-,29+/m1/s1. The number of carbonyl (C=O) groups excluding carboxylic acids is 1. The lowest BCUT2D eigenvalue weighted by Crippen LogP contribution is -2.65. The summed E-state index contributed by atoms with van der Waals surface area (Å²) in [4.78, 5) is 13.2. The van der Waals surface area contributed by atoms with Crippen LogP contribution < -0.4 is 0 Å². The molecule has 8 atom stereocenters. The minimum absolute atomic E-state index is 0.00543. The molecule has 0 radical (unpaired) electrons. The fraction of sp³-hybridized carbons (Fsp3) is 0.897. The molecule has 6 fully saturated rings. The van der Waals surface area contributed by atoms with Crippen molar-refractivity contribution in [1.29, 1.82) is 0 Å². The molecule has 0 amide bonds. The second-order valence-electron chi connectivity index (χ2n) is 14.4. The van der Waals surface area contributed by atoms with E-state index in [1.54, 1.807) is 5.57 Å². The molecule has 178 valence electrons. The lowest BCUT2D eigenvalue weighted by molar-refractivity contribution is -0.212. The third kappa shape index (κ3) is 2.26. The Kier molecular flexibility index (Phi) is 4.10. The van der Waals surface area contributed by atoms with Gasteiger partial charge < -0.3 is 9.84 Å². The Balaban J connectivity index is 1.46. The topological polar surface area (TPSA) is 46.5 Å². The van der Waals surface area contributed by atoms with Crippen molar-refractivity contribution in [1.82, 2.24) is 0 Å². The van der Waals surface area contributed by atoms with Crippen LogP contribution in [0.2, 0.25) is 0 Å². The second kappa shape index (κ2) is 6.04. The van der Waals surface area contributed by atoms with Gasteiger partial charge in [-0.2, -0.15) is 0 Å². The first-order chi connectivity index (χ1) is 14.8. The summed E-state index contributed by atoms with van der Waals surface area (Å²) in [6.45, 7) is 14.6. The van der Waals surface area contributed by atoms with Crippen molar-refractivity contribution in [3.05, 3.63) is 11.1 Å². The number of rotatable bonds is 0. The van der Waals surface area contributed by atoms with Crippen molar-refractivity contribution in [2.24, 2.45) is 38.9 Å². The van der Waals surface area contributed by atoms with Gasteiger partial charge in [0, 0.05) is 6.42 Å². The average molecular weight is 441 g/mol. The molecule has 3 heteroatoms. The molecule has 4 saturated carbocycles. The molecule has 7 rings (SSSR count). The smallest absolute Gasteiger partial charge is 0.316 e. The first-order valence-corrected chi connectivity index (χ1v) is 13.5. The molecule has 2 saturated heterocycles. The van der Waals surface area contributed by atoms with E-state index in [9.17, 15) is 9.90 Å². The molecule has 0 aromatic heterocycles. The third-order valence-corrected chi connectivity index (χ3v) is 13.0. The normalized spacial score (nSPS) is 56.0. The molecule has 2 aliphatic heterocycles. The van der Waals surface area contributed by atoms with Gasteiger partial charge in [-0.1, -0.05) is 40.2 Å². The van der Waals surface area contributed by atoms with Crippen LogP contribution in [0.25, 0.3) is 0 Å². The Morgan fingerprint density at radius 2 is 1.53 bits per heavy atom. The molecular weight excluding hydrogens is 396 g/mol. The Labute approximate surface area is 194 Å². The molecule has 1 N–H and O–H groups in total. The van der Waals surface area contributed by atoms with Crippen LogP contribution in [-0.2, 0) is 9.53 Å². The fourth-order valence-corrected chi connectivity index (χ4v) is 10.8. The predicted octanol–water partition coefficient (Wildman–Crippen LogP) is 6.58. The van der Waals surface area contributed by atoms with Crippen LogP contribution in [0.3, 0.4) is 0 Å². The molecule has 2 bridgehead atoms. The van der Waals surface area contributed by atoms with Crippen LogP contribution in [0.5, 0.6) is 0 Å². The largest absolute Gasteiger partial charge is 0.458 e. The van der Waals surface area contributed by atoms with Gasteiger partial charge in [0.1, 0.15) is 5.60 Å². The van der Waals surface area contributed by atoms with Crippen LogP contribution in [0.4, 0.5) is 0 Å². The van der Waals surface area contributed by atoms with Crippen molar-refractivity contribution in [2.75, 3.05) is 0 Å². The maximum absolute atomic E-state index is 13.2. The number of esters is 1. The van der Waals surface area contributed by atoms with Crippen molar-refractivity contribution in [3.8, 4) is 0 Å². The lowest BCUT2D eigenvalue weighted by atomic mass is 9.34. The van der Waals surface area contributed by atoms with E-state index in [-0.39, 0.29) is 39.3 Å². The zero-order valence-electron chi connectivity index (χ0n) is 21.3. The number of allylic oxidation sites excluding steroid dienone is 1. The molecule has 0 aromatic carbocycles. The minimum atomic E-state index is -0.298. The summed E-state index contributed by atoms with van der Waals surface area (Å²) in [7, 11) is 0. The van der Waals surface area contributed by atoms with E-state index in [0.29, 0.717) is 17.3 Å². The van der Waals surface area contributed by atoms with E-state index in [1.807, 2.05) is 0 Å². The predicted molar refractivity (Wildman–Crippen MR) is 126 cm³/mol. The van der Waals surface area contributed by atoms with E-state index >= 15 is 0 Å². The van der Waals surface area contributed by atoms with E-state index < -0.39 is 0 Å². The maximum atomic E-state index is 13.2. The van der Waals surface area contributed by atoms with Crippen LogP contribution in [-0.4, -0.2) is 22.8 Å². The number of ether oxygens (including phenoxy) is 1. The highest BCUT2D eigenvalue weighted by molar-refractivity contribution is 5.84. The molecule has 3 nitrogen and oxygen atoms in total. The van der Waals surface area contributed by atoms with Gasteiger partial charge in [0.25, 0.3) is 0 Å². The SMILES string of the molecule is CC1(C)[C@H]2CC[C@]3(C)[C@H](CCC4=C5C[C@]6(C)CC[C@@]5(CC[C@]43C)C(=O)O6)[C@@]2(C)CC[C@@H]1O. The summed E-state index contributed by atoms with van der Waals surface area (Å²) < 4.78 is 6.00. The number of hydrogen-bond acceptors (Lipinski definition) is 3. The molecular formula is C29H44O3. The van der Waals surface area contributed by atoms with Crippen LogP contribution in [0.15, 0.2) is 11.1 Å². The second-order valence-corrected chi connectivity index (χ2v) is 14.4. The summed E-state index contributed by atoms with van der Waals surface area (Å²) in [6, 6.07) is 0. The number of carbonyl (C=O) groups is 1. The zero-order chi connectivity index (χ0) is 22.9. The Morgan fingerprint density at radius 1 is 0.812 bits per heavy atom. The van der Waals surface area contributed by atoms with Crippen molar-refractivity contribution >= 4 is 5.97 Å². The first kappa shape index (κ1) is 21.7. The summed E-state index contributed by atoms with van der Waals surface area (Å²) >= 11 is 0. The highest BCUT2D eigenvalue weighted by Gasteiger charge is 2.69. The van der Waals surface area contributed by atoms with E-state index in [2.05, 4.69) is 41.5 Å². The molecule has 5 aliphatic carbocycles. The Bertz CT molecular complexity index is 917. The minimum Gasteiger partial charge on any atom is -0.458 e. The zero-order valence-corrected chi connectivity index (χ0v) is 21.3. The van der Waals surface area contributed by atoms with Gasteiger partial charge in [0.05, 0.1) is 11.5 Å². The van der Waals surface area contributed by atoms with Gasteiger partial charge in [-0.15, -0.1) is 0 Å². The van der Waals surface area contributed by atoms with Crippen molar-refractivity contribution in [2.45, 2.75) is 124 Å². The summed E-state index contributed by atoms with van der Waals surface area (Å²) in [6.07, 6.45) is 12.0. The lowest BCUT2D eigenvalue weighted by Gasteiger charge is -2.71. The Morgan fingerprint density at radius 3 is 2.25 bits per heavy atom. The summed E-state index contributed by atoms with van der Waals surface area (Å²) in [5.74, 6) is 1.39. The van der Waals surface area contributed by atoms with Gasteiger partial charge in [-0.3, -0.25) is 4.79 Å². The highest BCUT2D eigenvalue weighted by Crippen LogP contribution is 2.76. The van der Waals surface area contributed by atoms with Gasteiger partial charge >= 0.3 is 5.97 Å². The van der Waals surface area contributed by atoms with E-state index in [0.717, 1.165) is 38.5 Å². The van der Waals surface area contributed by atoms with Gasteiger partial charge in [-0.05, 0) is 110 Å². The third-order valence-electron chi connectivity index (χ3n) is 13.0. The van der Waals surface area contributed by atoms with E-state index in [4.69, 9.17) is 4.74 Å². The molecule has 1 spiro atoms. The van der Waals surface area contributed by atoms with Gasteiger partial charge in [0.15, 0.2) is 0 Å². The van der Waals surface area contributed by atoms with Crippen molar-refractivity contribution < 1.29 is 14.6 Å². The number of hydrogen-bond donors (Lipinski definition) is 1. The van der Waals surface area contributed by atoms with Gasteiger partial charge in [0.2, 0.25) is 0 Å². The van der Waals surface area contributed by atoms with Crippen LogP contribution >= 0.6 is 0 Å². The number of aliphatic hydroxyl groups is 1. The number of fused-ring (bicyclic) bond motifs is 7. The summed E-state index contributed by atoms with van der Waals surface area (Å²) in [5, 5.41) is 10.9. The van der Waals surface area contributed by atoms with Crippen LogP contribution in [0.1, 0.15) is 112 Å². The van der Waals surface area contributed by atoms with E-state index in [1.165, 1.54) is 37.7 Å².